The molecule has 1 aliphatic rings. The summed E-state index contributed by atoms with van der Waals surface area (Å²) in [6, 6.07) is 6.81. The predicted molar refractivity (Wildman–Crippen MR) is 69.9 cm³/mol. The van der Waals surface area contributed by atoms with E-state index in [2.05, 4.69) is 24.8 Å². The molecule has 2 unspecified atom stereocenters. The highest BCUT2D eigenvalue weighted by Gasteiger charge is 2.26. The molecule has 1 heterocycles. The Hall–Kier alpha value is -0.730. The van der Waals surface area contributed by atoms with Crippen molar-refractivity contribution in [2.45, 2.75) is 32.9 Å². The van der Waals surface area contributed by atoms with Gasteiger partial charge in [0, 0.05) is 29.8 Å². The van der Waals surface area contributed by atoms with E-state index in [1.807, 2.05) is 12.1 Å². The third-order valence-electron chi connectivity index (χ3n) is 3.37. The second-order valence-corrected chi connectivity index (χ2v) is 5.23. The first kappa shape index (κ1) is 11.7. The van der Waals surface area contributed by atoms with Crippen molar-refractivity contribution in [3.8, 4) is 0 Å². The second-order valence-electron chi connectivity index (χ2n) is 4.82. The molecule has 0 radical (unpaired) electrons. The first-order valence-electron chi connectivity index (χ1n) is 5.87. The van der Waals surface area contributed by atoms with E-state index in [1.54, 1.807) is 0 Å². The van der Waals surface area contributed by atoms with Crippen molar-refractivity contribution < 1.29 is 0 Å². The summed E-state index contributed by atoms with van der Waals surface area (Å²) in [4.78, 5) is 2.43. The van der Waals surface area contributed by atoms with Gasteiger partial charge in [-0.2, -0.15) is 0 Å². The van der Waals surface area contributed by atoms with Gasteiger partial charge in [0.1, 0.15) is 0 Å². The summed E-state index contributed by atoms with van der Waals surface area (Å²) in [5.74, 6) is 0.767. The SMILES string of the molecule is CC1CC(C)N(c2ccc(CN)c(Cl)c2)C1. The first-order valence-corrected chi connectivity index (χ1v) is 6.24. The number of hydrogen-bond acceptors (Lipinski definition) is 2. The molecule has 1 saturated heterocycles. The van der Waals surface area contributed by atoms with Gasteiger partial charge in [-0.1, -0.05) is 24.6 Å². The van der Waals surface area contributed by atoms with Gasteiger partial charge in [-0.15, -0.1) is 0 Å². The van der Waals surface area contributed by atoms with Gasteiger partial charge in [0.15, 0.2) is 0 Å². The fraction of sp³-hybridized carbons (Fsp3) is 0.538. The molecule has 3 heteroatoms. The van der Waals surface area contributed by atoms with Gasteiger partial charge in [-0.25, -0.2) is 0 Å². The number of nitrogens with zero attached hydrogens (tertiary/aromatic N) is 1. The second kappa shape index (κ2) is 4.64. The van der Waals surface area contributed by atoms with Crippen molar-refractivity contribution in [3.05, 3.63) is 28.8 Å². The molecular formula is C13H19ClN2. The lowest BCUT2D eigenvalue weighted by Gasteiger charge is -2.24. The van der Waals surface area contributed by atoms with E-state index in [-0.39, 0.29) is 0 Å². The summed E-state index contributed by atoms with van der Waals surface area (Å²) in [5.41, 5.74) is 7.85. The Morgan fingerprint density at radius 2 is 2.19 bits per heavy atom. The quantitative estimate of drug-likeness (QED) is 0.858. The van der Waals surface area contributed by atoms with E-state index in [0.717, 1.165) is 23.0 Å². The van der Waals surface area contributed by atoms with Crippen molar-refractivity contribution in [1.29, 1.82) is 0 Å². The molecule has 2 N–H and O–H groups in total. The Balaban J connectivity index is 2.24. The Morgan fingerprint density at radius 1 is 1.44 bits per heavy atom. The highest BCUT2D eigenvalue weighted by atomic mass is 35.5. The minimum Gasteiger partial charge on any atom is -0.369 e. The maximum absolute atomic E-state index is 6.19. The summed E-state index contributed by atoms with van der Waals surface area (Å²) >= 11 is 6.19. The molecule has 16 heavy (non-hydrogen) atoms. The van der Waals surface area contributed by atoms with Crippen LogP contribution in [0.3, 0.4) is 0 Å². The van der Waals surface area contributed by atoms with Crippen LogP contribution in [0.2, 0.25) is 5.02 Å². The van der Waals surface area contributed by atoms with Crippen LogP contribution in [0.1, 0.15) is 25.8 Å². The minimum atomic E-state index is 0.505. The third-order valence-corrected chi connectivity index (χ3v) is 3.72. The summed E-state index contributed by atoms with van der Waals surface area (Å²) in [6.07, 6.45) is 1.26. The molecule has 2 rings (SSSR count). The number of nitrogens with two attached hydrogens (primary N) is 1. The minimum absolute atomic E-state index is 0.505. The topological polar surface area (TPSA) is 29.3 Å². The van der Waals surface area contributed by atoms with Gasteiger partial charge in [-0.3, -0.25) is 0 Å². The first-order chi connectivity index (χ1) is 7.61. The summed E-state index contributed by atoms with van der Waals surface area (Å²) in [5, 5.41) is 0.784. The smallest absolute Gasteiger partial charge is 0.0471 e. The molecule has 0 saturated carbocycles. The van der Waals surface area contributed by atoms with Gasteiger partial charge in [-0.05, 0) is 37.0 Å². The molecule has 1 aromatic carbocycles. The number of anilines is 1. The van der Waals surface area contributed by atoms with Crippen LogP contribution in [0, 0.1) is 5.92 Å². The summed E-state index contributed by atoms with van der Waals surface area (Å²) in [7, 11) is 0. The molecule has 1 aromatic rings. The van der Waals surface area contributed by atoms with E-state index in [4.69, 9.17) is 17.3 Å². The zero-order valence-electron chi connectivity index (χ0n) is 9.91. The maximum atomic E-state index is 6.19. The fourth-order valence-corrected chi connectivity index (χ4v) is 2.79. The van der Waals surface area contributed by atoms with Crippen molar-refractivity contribution in [2.75, 3.05) is 11.4 Å². The van der Waals surface area contributed by atoms with Crippen LogP contribution in [0.15, 0.2) is 18.2 Å². The van der Waals surface area contributed by atoms with Gasteiger partial charge in [0.2, 0.25) is 0 Å². The summed E-state index contributed by atoms with van der Waals surface area (Å²) < 4.78 is 0. The van der Waals surface area contributed by atoms with Crippen LogP contribution in [0.5, 0.6) is 0 Å². The number of benzene rings is 1. The molecule has 0 aliphatic carbocycles. The maximum Gasteiger partial charge on any atom is 0.0471 e. The molecule has 88 valence electrons. The molecule has 2 nitrogen and oxygen atoms in total. The van der Waals surface area contributed by atoms with Gasteiger partial charge in [0.25, 0.3) is 0 Å². The number of halogens is 1. The molecule has 0 spiro atoms. The lowest BCUT2D eigenvalue weighted by molar-refractivity contribution is 0.625. The molecule has 0 bridgehead atoms. The zero-order chi connectivity index (χ0) is 11.7. The largest absolute Gasteiger partial charge is 0.369 e. The van der Waals surface area contributed by atoms with Crippen LogP contribution >= 0.6 is 11.6 Å². The van der Waals surface area contributed by atoms with Crippen LogP contribution in [-0.2, 0) is 6.54 Å². The van der Waals surface area contributed by atoms with Crippen LogP contribution < -0.4 is 10.6 Å². The van der Waals surface area contributed by atoms with Crippen LogP contribution in [-0.4, -0.2) is 12.6 Å². The normalized spacial score (nSPS) is 25.1. The zero-order valence-corrected chi connectivity index (χ0v) is 10.7. The lowest BCUT2D eigenvalue weighted by atomic mass is 10.1. The number of rotatable bonds is 2. The monoisotopic (exact) mass is 238 g/mol. The average molecular weight is 239 g/mol. The highest BCUT2D eigenvalue weighted by Crippen LogP contribution is 2.31. The van der Waals surface area contributed by atoms with Crippen LogP contribution in [0.4, 0.5) is 5.69 Å². The molecule has 1 aliphatic heterocycles. The molecule has 1 fully saturated rings. The lowest BCUT2D eigenvalue weighted by Crippen LogP contribution is -2.26. The highest BCUT2D eigenvalue weighted by molar-refractivity contribution is 6.31. The Morgan fingerprint density at radius 3 is 2.69 bits per heavy atom. The van der Waals surface area contributed by atoms with E-state index in [1.165, 1.54) is 12.1 Å². The van der Waals surface area contributed by atoms with E-state index in [0.29, 0.717) is 12.6 Å². The number of hydrogen-bond donors (Lipinski definition) is 1. The predicted octanol–water partition coefficient (Wildman–Crippen LogP) is 3.03. The van der Waals surface area contributed by atoms with Crippen molar-refractivity contribution in [3.63, 3.8) is 0 Å². The standard InChI is InChI=1S/C13H19ClN2/c1-9-5-10(2)16(8-9)12-4-3-11(7-15)13(14)6-12/h3-4,6,9-10H,5,7-8,15H2,1-2H3. The third kappa shape index (κ3) is 2.18. The van der Waals surface area contributed by atoms with Crippen LogP contribution in [0.25, 0.3) is 0 Å². The van der Waals surface area contributed by atoms with E-state index >= 15 is 0 Å². The molecular weight excluding hydrogens is 220 g/mol. The fourth-order valence-electron chi connectivity index (χ4n) is 2.54. The van der Waals surface area contributed by atoms with E-state index < -0.39 is 0 Å². The van der Waals surface area contributed by atoms with Crippen molar-refractivity contribution in [2.24, 2.45) is 11.7 Å². The van der Waals surface area contributed by atoms with Gasteiger partial charge in [0.05, 0.1) is 0 Å². The Labute approximate surface area is 102 Å². The van der Waals surface area contributed by atoms with Gasteiger partial charge < -0.3 is 10.6 Å². The summed E-state index contributed by atoms with van der Waals surface area (Å²) in [6.45, 7) is 6.20. The Bertz CT molecular complexity index is 378. The average Bonchev–Trinajstić information content (AvgIpc) is 2.58. The van der Waals surface area contributed by atoms with Crippen molar-refractivity contribution >= 4 is 17.3 Å². The van der Waals surface area contributed by atoms with E-state index in [9.17, 15) is 0 Å². The Kier molecular flexibility index (Phi) is 3.41. The molecule has 2 atom stereocenters. The van der Waals surface area contributed by atoms with Gasteiger partial charge >= 0.3 is 0 Å². The van der Waals surface area contributed by atoms with Crippen molar-refractivity contribution in [1.82, 2.24) is 0 Å². The molecule has 0 amide bonds. The molecule has 0 aromatic heterocycles.